The minimum absolute atomic E-state index is 0.0142. The highest BCUT2D eigenvalue weighted by atomic mass is 35.5. The minimum atomic E-state index is -0.979. The highest BCUT2D eigenvalue weighted by molar-refractivity contribution is 6.63. The molecule has 1 N–H and O–H groups in total. The monoisotopic (exact) mass is 380 g/mol. The lowest BCUT2D eigenvalue weighted by Crippen LogP contribution is -2.27. The molecule has 0 aliphatic carbocycles. The molecule has 0 bridgehead atoms. The van der Waals surface area contributed by atoms with Crippen LogP contribution in [-0.4, -0.2) is 34.5 Å². The first-order valence-electron chi connectivity index (χ1n) is 8.53. The quantitative estimate of drug-likeness (QED) is 0.548. The van der Waals surface area contributed by atoms with E-state index in [9.17, 15) is 24.3 Å². The Hall–Kier alpha value is -2.21. The predicted molar refractivity (Wildman–Crippen MR) is 94.4 cm³/mol. The Kier molecular flexibility index (Phi) is 6.53. The van der Waals surface area contributed by atoms with Crippen LogP contribution in [0.3, 0.4) is 0 Å². The molecule has 6 nitrogen and oxygen atoms in total. The first-order chi connectivity index (χ1) is 12.2. The molecule has 2 rings (SSSR count). The molecule has 7 heteroatoms. The van der Waals surface area contributed by atoms with E-state index in [1.165, 1.54) is 12.1 Å². The zero-order valence-corrected chi connectivity index (χ0v) is 15.5. The summed E-state index contributed by atoms with van der Waals surface area (Å²) < 4.78 is 5.43. The standard InChI is InChI=1S/C19H21ClO6/c1-10-6-7-15(22)18(24)14(21)5-3-4-12-8-13(20)9-16(23)17(12)19(25)26-11(10)2/h8-11,23H,3-7H2,1-2H3/t10-,11-/m0/s1. The van der Waals surface area contributed by atoms with Gasteiger partial charge in [-0.3, -0.25) is 14.4 Å². The van der Waals surface area contributed by atoms with Crippen LogP contribution < -0.4 is 0 Å². The fourth-order valence-electron chi connectivity index (χ4n) is 2.84. The van der Waals surface area contributed by atoms with Gasteiger partial charge in [-0.05, 0) is 49.8 Å². The molecule has 1 aliphatic rings. The molecule has 1 heterocycles. The summed E-state index contributed by atoms with van der Waals surface area (Å²) in [5, 5.41) is 10.4. The Balaban J connectivity index is 2.37. The summed E-state index contributed by atoms with van der Waals surface area (Å²) in [5.74, 6) is -3.59. The predicted octanol–water partition coefficient (Wildman–Crippen LogP) is 3.05. The number of esters is 1. The number of ether oxygens (including phenoxy) is 1. The van der Waals surface area contributed by atoms with Crippen LogP contribution in [0.15, 0.2) is 12.1 Å². The van der Waals surface area contributed by atoms with Crippen molar-refractivity contribution in [2.75, 3.05) is 0 Å². The maximum Gasteiger partial charge on any atom is 0.342 e. The number of fused-ring (bicyclic) bond motifs is 1. The van der Waals surface area contributed by atoms with E-state index in [0.717, 1.165) is 0 Å². The van der Waals surface area contributed by atoms with E-state index in [-0.39, 0.29) is 47.9 Å². The number of hydrogen-bond acceptors (Lipinski definition) is 6. The van der Waals surface area contributed by atoms with Crippen molar-refractivity contribution in [3.8, 4) is 5.75 Å². The van der Waals surface area contributed by atoms with Gasteiger partial charge in [0.15, 0.2) is 0 Å². The van der Waals surface area contributed by atoms with E-state index in [1.807, 2.05) is 0 Å². The molecule has 1 aliphatic heterocycles. The maximum atomic E-state index is 12.5. The van der Waals surface area contributed by atoms with Crippen molar-refractivity contribution < 1.29 is 29.0 Å². The van der Waals surface area contributed by atoms with Crippen LogP contribution in [-0.2, 0) is 25.5 Å². The van der Waals surface area contributed by atoms with Crippen LogP contribution in [0.1, 0.15) is 55.5 Å². The van der Waals surface area contributed by atoms with E-state index >= 15 is 0 Å². The Morgan fingerprint density at radius 1 is 1.04 bits per heavy atom. The molecular formula is C19H21ClO6. The molecule has 26 heavy (non-hydrogen) atoms. The number of cyclic esters (lactones) is 1. The van der Waals surface area contributed by atoms with Crippen LogP contribution in [0.2, 0.25) is 5.02 Å². The Morgan fingerprint density at radius 3 is 2.38 bits per heavy atom. The van der Waals surface area contributed by atoms with E-state index in [2.05, 4.69) is 0 Å². The molecule has 140 valence electrons. The summed E-state index contributed by atoms with van der Waals surface area (Å²) in [6, 6.07) is 2.78. The van der Waals surface area contributed by atoms with Crippen molar-refractivity contribution in [3.05, 3.63) is 28.3 Å². The van der Waals surface area contributed by atoms with Crippen LogP contribution in [0.25, 0.3) is 0 Å². The molecule has 1 aromatic rings. The molecule has 2 atom stereocenters. The largest absolute Gasteiger partial charge is 0.507 e. The second-order valence-corrected chi connectivity index (χ2v) is 7.05. The SMILES string of the molecule is C[C@@H]1OC(=O)c2c(O)cc(Cl)cc2CCCC(=O)C(=O)C(=O)CC[C@@H]1C. The second-order valence-electron chi connectivity index (χ2n) is 6.61. The van der Waals surface area contributed by atoms with Crippen molar-refractivity contribution in [2.45, 2.75) is 52.1 Å². The lowest BCUT2D eigenvalue weighted by Gasteiger charge is -2.21. The summed E-state index contributed by atoms with van der Waals surface area (Å²) in [4.78, 5) is 48.2. The third-order valence-electron chi connectivity index (χ3n) is 4.65. The van der Waals surface area contributed by atoms with Gasteiger partial charge < -0.3 is 9.84 Å². The van der Waals surface area contributed by atoms with Gasteiger partial charge in [-0.25, -0.2) is 4.79 Å². The van der Waals surface area contributed by atoms with E-state index in [4.69, 9.17) is 16.3 Å². The van der Waals surface area contributed by atoms with Gasteiger partial charge >= 0.3 is 5.97 Å². The van der Waals surface area contributed by atoms with E-state index < -0.39 is 29.4 Å². The number of aromatic hydroxyl groups is 1. The zero-order chi connectivity index (χ0) is 19.4. The normalized spacial score (nSPS) is 23.2. The number of hydrogen-bond donors (Lipinski definition) is 1. The number of carbonyl (C=O) groups excluding carboxylic acids is 4. The average Bonchev–Trinajstić information content (AvgIpc) is 2.56. The second kappa shape index (κ2) is 8.45. The minimum Gasteiger partial charge on any atom is -0.507 e. The van der Waals surface area contributed by atoms with Crippen molar-refractivity contribution >= 4 is 34.9 Å². The molecule has 0 unspecified atom stereocenters. The smallest absolute Gasteiger partial charge is 0.342 e. The maximum absolute atomic E-state index is 12.5. The number of aryl methyl sites for hydroxylation is 1. The third-order valence-corrected chi connectivity index (χ3v) is 4.86. The number of phenols is 1. The van der Waals surface area contributed by atoms with Crippen molar-refractivity contribution in [3.63, 3.8) is 0 Å². The average molecular weight is 381 g/mol. The number of rotatable bonds is 0. The molecule has 1 aromatic carbocycles. The fraction of sp³-hybridized carbons (Fsp3) is 0.474. The number of halogens is 1. The van der Waals surface area contributed by atoms with Gasteiger partial charge in [-0.15, -0.1) is 0 Å². The fourth-order valence-corrected chi connectivity index (χ4v) is 3.07. The number of carbonyl (C=O) groups is 4. The summed E-state index contributed by atoms with van der Waals surface area (Å²) in [5.41, 5.74) is 0.448. The number of phenolic OH excluding ortho intramolecular Hbond substituents is 1. The van der Waals surface area contributed by atoms with Gasteiger partial charge in [0.1, 0.15) is 17.4 Å². The van der Waals surface area contributed by atoms with Crippen LogP contribution in [0, 0.1) is 5.92 Å². The van der Waals surface area contributed by atoms with Crippen LogP contribution in [0.5, 0.6) is 5.75 Å². The third kappa shape index (κ3) is 4.69. The summed E-state index contributed by atoms with van der Waals surface area (Å²) in [7, 11) is 0. The van der Waals surface area contributed by atoms with Crippen molar-refractivity contribution in [1.82, 2.24) is 0 Å². The first-order valence-corrected chi connectivity index (χ1v) is 8.91. The van der Waals surface area contributed by atoms with Gasteiger partial charge in [0.05, 0.1) is 0 Å². The molecule has 0 amide bonds. The van der Waals surface area contributed by atoms with E-state index in [1.54, 1.807) is 13.8 Å². The lowest BCUT2D eigenvalue weighted by molar-refractivity contribution is -0.144. The molecule has 0 spiro atoms. The van der Waals surface area contributed by atoms with Crippen molar-refractivity contribution in [1.29, 1.82) is 0 Å². The molecule has 0 radical (unpaired) electrons. The first kappa shape index (κ1) is 20.1. The Labute approximate surface area is 156 Å². The molecular weight excluding hydrogens is 360 g/mol. The van der Waals surface area contributed by atoms with Gasteiger partial charge in [0, 0.05) is 17.9 Å². The van der Waals surface area contributed by atoms with Crippen molar-refractivity contribution in [2.24, 2.45) is 5.92 Å². The Morgan fingerprint density at radius 2 is 1.69 bits per heavy atom. The molecule has 0 aromatic heterocycles. The topological polar surface area (TPSA) is 97.7 Å². The van der Waals surface area contributed by atoms with Gasteiger partial charge in [0.2, 0.25) is 11.6 Å². The number of benzene rings is 1. The number of Topliss-reactive ketones (excluding diaryl/α,β-unsaturated/α-hetero) is 3. The van der Waals surface area contributed by atoms with Gasteiger partial charge in [-0.2, -0.15) is 0 Å². The lowest BCUT2D eigenvalue weighted by atomic mass is 9.94. The molecule has 0 saturated carbocycles. The highest BCUT2D eigenvalue weighted by Crippen LogP contribution is 2.29. The van der Waals surface area contributed by atoms with Crippen LogP contribution >= 0.6 is 11.6 Å². The zero-order valence-electron chi connectivity index (χ0n) is 14.7. The van der Waals surface area contributed by atoms with Crippen LogP contribution in [0.4, 0.5) is 0 Å². The summed E-state index contributed by atoms with van der Waals surface area (Å²) in [6.07, 6.45) is 0.0706. The highest BCUT2D eigenvalue weighted by Gasteiger charge is 2.27. The summed E-state index contributed by atoms with van der Waals surface area (Å²) >= 11 is 5.95. The van der Waals surface area contributed by atoms with Gasteiger partial charge in [0.25, 0.3) is 5.78 Å². The molecule has 0 fully saturated rings. The Bertz CT molecular complexity index is 755. The van der Waals surface area contributed by atoms with Gasteiger partial charge in [-0.1, -0.05) is 18.5 Å². The summed E-state index contributed by atoms with van der Waals surface area (Å²) in [6.45, 7) is 3.46. The van der Waals surface area contributed by atoms with E-state index in [0.29, 0.717) is 12.0 Å². The molecule has 0 saturated heterocycles. The number of ketones is 3.